The molecule has 1 aromatic carbocycles. The van der Waals surface area contributed by atoms with Gasteiger partial charge in [0.2, 0.25) is 0 Å². The molecule has 3 rings (SSSR count). The lowest BCUT2D eigenvalue weighted by Gasteiger charge is -2.15. The van der Waals surface area contributed by atoms with E-state index in [1.807, 2.05) is 42.7 Å². The van der Waals surface area contributed by atoms with Crippen LogP contribution in [-0.4, -0.2) is 33.4 Å². The number of aryl methyl sites for hydroxylation is 1. The molecule has 116 valence electrons. The minimum Gasteiger partial charge on any atom is -0.368 e. The summed E-state index contributed by atoms with van der Waals surface area (Å²) in [5.74, 6) is 0.906. The van der Waals surface area contributed by atoms with Gasteiger partial charge >= 0.3 is 0 Å². The van der Waals surface area contributed by atoms with Gasteiger partial charge in [-0.1, -0.05) is 13.0 Å². The number of benzene rings is 1. The third-order valence-electron chi connectivity index (χ3n) is 3.86. The molecule has 22 heavy (non-hydrogen) atoms. The number of ether oxygens (including phenoxy) is 1. The van der Waals surface area contributed by atoms with Crippen LogP contribution in [0.3, 0.4) is 0 Å². The molecule has 0 bridgehead atoms. The van der Waals surface area contributed by atoms with Crippen LogP contribution in [0.15, 0.2) is 24.3 Å². The average molecular weight is 318 g/mol. The van der Waals surface area contributed by atoms with Crippen LogP contribution in [-0.2, 0) is 9.53 Å². The minimum atomic E-state index is -0.374. The molecule has 1 saturated heterocycles. The van der Waals surface area contributed by atoms with Crippen molar-refractivity contribution in [2.45, 2.75) is 26.4 Å². The monoisotopic (exact) mass is 318 g/mol. The minimum absolute atomic E-state index is 0.102. The number of aromatic nitrogens is 3. The third-order valence-corrected chi connectivity index (χ3v) is 4.13. The Bertz CT molecular complexity index is 752. The Balaban J connectivity index is 1.83. The van der Waals surface area contributed by atoms with Gasteiger partial charge in [0.15, 0.2) is 4.77 Å². The van der Waals surface area contributed by atoms with Gasteiger partial charge in [0.1, 0.15) is 11.9 Å². The van der Waals surface area contributed by atoms with Crippen molar-refractivity contribution in [3.63, 3.8) is 0 Å². The lowest BCUT2D eigenvalue weighted by Crippen LogP contribution is -2.31. The molecule has 7 heteroatoms. The molecule has 0 spiro atoms. The van der Waals surface area contributed by atoms with Gasteiger partial charge in [0, 0.05) is 12.3 Å². The lowest BCUT2D eigenvalue weighted by molar-refractivity contribution is -0.126. The summed E-state index contributed by atoms with van der Waals surface area (Å²) in [6.45, 7) is 4.54. The van der Waals surface area contributed by atoms with Crippen LogP contribution in [0.1, 0.15) is 19.2 Å². The smallest absolute Gasteiger partial charge is 0.253 e. The number of hydrogen-bond donors (Lipinski definition) is 2. The van der Waals surface area contributed by atoms with Gasteiger partial charge in [-0.15, -0.1) is 0 Å². The first-order chi connectivity index (χ1) is 10.6. The molecule has 0 unspecified atom stereocenters. The number of hydrogen-bond acceptors (Lipinski definition) is 4. The second-order valence-electron chi connectivity index (χ2n) is 5.51. The second kappa shape index (κ2) is 6.02. The topological polar surface area (TPSA) is 71.9 Å². The van der Waals surface area contributed by atoms with Crippen LogP contribution >= 0.6 is 12.2 Å². The summed E-state index contributed by atoms with van der Waals surface area (Å²) in [4.78, 5) is 12.3. The summed E-state index contributed by atoms with van der Waals surface area (Å²) >= 11 is 5.23. The fourth-order valence-electron chi connectivity index (χ4n) is 2.65. The second-order valence-corrected chi connectivity index (χ2v) is 5.90. The average Bonchev–Trinajstić information content (AvgIpc) is 3.05. The van der Waals surface area contributed by atoms with Gasteiger partial charge in [-0.3, -0.25) is 14.5 Å². The van der Waals surface area contributed by atoms with E-state index < -0.39 is 0 Å². The summed E-state index contributed by atoms with van der Waals surface area (Å²) in [6, 6.07) is 7.51. The van der Waals surface area contributed by atoms with E-state index in [2.05, 4.69) is 15.5 Å². The number of carbonyl (C=O) groups excluding carboxylic acids is 1. The molecule has 1 amide bonds. The quantitative estimate of drug-likeness (QED) is 0.853. The molecule has 1 aromatic heterocycles. The molecule has 0 saturated carbocycles. The van der Waals surface area contributed by atoms with Crippen molar-refractivity contribution in [1.82, 2.24) is 14.8 Å². The molecule has 1 fully saturated rings. The molecular weight excluding hydrogens is 300 g/mol. The molecule has 6 nitrogen and oxygen atoms in total. The summed E-state index contributed by atoms with van der Waals surface area (Å²) in [6.07, 6.45) is 0.545. The van der Waals surface area contributed by atoms with E-state index in [9.17, 15) is 4.79 Å². The zero-order chi connectivity index (χ0) is 15.7. The predicted octanol–water partition coefficient (Wildman–Crippen LogP) is 2.60. The van der Waals surface area contributed by atoms with Gasteiger partial charge in [-0.2, -0.15) is 5.10 Å². The molecule has 2 N–H and O–H groups in total. The maximum absolute atomic E-state index is 12.3. The Kier molecular flexibility index (Phi) is 4.08. The number of amides is 1. The van der Waals surface area contributed by atoms with E-state index in [1.54, 1.807) is 0 Å². The zero-order valence-corrected chi connectivity index (χ0v) is 13.3. The number of anilines is 1. The number of rotatable bonds is 3. The van der Waals surface area contributed by atoms with Crippen LogP contribution in [0.5, 0.6) is 0 Å². The van der Waals surface area contributed by atoms with Crippen LogP contribution in [0, 0.1) is 17.6 Å². The Morgan fingerprint density at radius 2 is 2.36 bits per heavy atom. The van der Waals surface area contributed by atoms with Crippen molar-refractivity contribution < 1.29 is 9.53 Å². The molecule has 2 atom stereocenters. The van der Waals surface area contributed by atoms with Crippen molar-refractivity contribution in [1.29, 1.82) is 0 Å². The van der Waals surface area contributed by atoms with E-state index in [0.717, 1.165) is 17.9 Å². The summed E-state index contributed by atoms with van der Waals surface area (Å²) in [7, 11) is 0. The van der Waals surface area contributed by atoms with E-state index in [4.69, 9.17) is 17.0 Å². The molecule has 0 aliphatic carbocycles. The number of H-pyrrole nitrogens is 1. The normalized spacial score (nSPS) is 21.0. The van der Waals surface area contributed by atoms with Crippen molar-refractivity contribution >= 4 is 23.8 Å². The van der Waals surface area contributed by atoms with Crippen LogP contribution in [0.4, 0.5) is 5.69 Å². The fourth-order valence-corrected chi connectivity index (χ4v) is 2.93. The molecule has 1 aliphatic heterocycles. The van der Waals surface area contributed by atoms with Gasteiger partial charge in [0.05, 0.1) is 5.69 Å². The van der Waals surface area contributed by atoms with Crippen molar-refractivity contribution in [2.75, 3.05) is 11.9 Å². The highest BCUT2D eigenvalue weighted by molar-refractivity contribution is 7.71. The van der Waals surface area contributed by atoms with Crippen molar-refractivity contribution in [3.05, 3.63) is 34.9 Å². The van der Waals surface area contributed by atoms with E-state index in [0.29, 0.717) is 17.1 Å². The number of carbonyl (C=O) groups is 1. The molecule has 1 aliphatic rings. The van der Waals surface area contributed by atoms with Crippen LogP contribution < -0.4 is 5.32 Å². The molecule has 0 radical (unpaired) electrons. The van der Waals surface area contributed by atoms with Gasteiger partial charge in [-0.25, -0.2) is 0 Å². The highest BCUT2D eigenvalue weighted by Crippen LogP contribution is 2.22. The number of nitrogens with zero attached hydrogens (tertiary/aromatic N) is 2. The predicted molar refractivity (Wildman–Crippen MR) is 85.6 cm³/mol. The highest BCUT2D eigenvalue weighted by atomic mass is 32.1. The lowest BCUT2D eigenvalue weighted by atomic mass is 10.0. The van der Waals surface area contributed by atoms with E-state index in [-0.39, 0.29) is 17.9 Å². The number of aromatic amines is 1. The van der Waals surface area contributed by atoms with Crippen molar-refractivity contribution in [3.8, 4) is 5.69 Å². The Morgan fingerprint density at radius 1 is 1.55 bits per heavy atom. The SMILES string of the molecule is Cc1n[nH]c(=S)n1-c1cccc(NC(=O)[C@@H]2OCC[C@@H]2C)c1. The third kappa shape index (κ3) is 2.82. The maximum Gasteiger partial charge on any atom is 0.253 e. The summed E-state index contributed by atoms with van der Waals surface area (Å²) in [5.41, 5.74) is 1.57. The molecule has 2 heterocycles. The Hall–Kier alpha value is -1.99. The standard InChI is InChI=1S/C15H18N4O2S/c1-9-6-7-21-13(9)14(20)16-11-4-3-5-12(8-11)19-10(2)17-18-15(19)22/h3-5,8-9,13H,6-7H2,1-2H3,(H,16,20)(H,18,22)/t9-,13+/m0/s1. The van der Waals surface area contributed by atoms with E-state index >= 15 is 0 Å². The molecule has 2 aromatic rings. The number of nitrogens with one attached hydrogen (secondary N) is 2. The van der Waals surface area contributed by atoms with Crippen LogP contribution in [0.25, 0.3) is 5.69 Å². The first-order valence-corrected chi connectivity index (χ1v) is 7.64. The van der Waals surface area contributed by atoms with Crippen molar-refractivity contribution in [2.24, 2.45) is 5.92 Å². The Labute approximate surface area is 133 Å². The first-order valence-electron chi connectivity index (χ1n) is 7.23. The maximum atomic E-state index is 12.3. The molecular formula is C15H18N4O2S. The largest absolute Gasteiger partial charge is 0.368 e. The van der Waals surface area contributed by atoms with Gasteiger partial charge < -0.3 is 10.1 Å². The summed E-state index contributed by atoms with van der Waals surface area (Å²) in [5, 5.41) is 9.76. The fraction of sp³-hybridized carbons (Fsp3) is 0.400. The first kappa shape index (κ1) is 14.9. The van der Waals surface area contributed by atoms with Gasteiger partial charge in [-0.05, 0) is 49.7 Å². The zero-order valence-electron chi connectivity index (χ0n) is 12.5. The van der Waals surface area contributed by atoms with Gasteiger partial charge in [0.25, 0.3) is 5.91 Å². The highest BCUT2D eigenvalue weighted by Gasteiger charge is 2.30. The Morgan fingerprint density at radius 3 is 3.00 bits per heavy atom. The summed E-state index contributed by atoms with van der Waals surface area (Å²) < 4.78 is 7.83. The van der Waals surface area contributed by atoms with Crippen LogP contribution in [0.2, 0.25) is 0 Å². The van der Waals surface area contributed by atoms with E-state index in [1.165, 1.54) is 0 Å².